The monoisotopic (exact) mass is 304 g/mol. The lowest BCUT2D eigenvalue weighted by molar-refractivity contribution is -0.123. The summed E-state index contributed by atoms with van der Waals surface area (Å²) in [5.74, 6) is 0.899. The number of aryl methyl sites for hydroxylation is 1. The van der Waals surface area contributed by atoms with Crippen LogP contribution in [0.3, 0.4) is 0 Å². The molecule has 0 unspecified atom stereocenters. The molecule has 0 aliphatic heterocycles. The predicted molar refractivity (Wildman–Crippen MR) is 86.0 cm³/mol. The Hall–Kier alpha value is -2.08. The number of carbonyl (C=O) groups is 1. The van der Waals surface area contributed by atoms with Crippen LogP contribution in [0.15, 0.2) is 18.3 Å². The third kappa shape index (κ3) is 3.76. The third-order valence-electron chi connectivity index (χ3n) is 3.36. The molecule has 0 fully saturated rings. The molecule has 0 atom stereocenters. The molecule has 2 heterocycles. The summed E-state index contributed by atoms with van der Waals surface area (Å²) >= 11 is 0. The number of rotatable bonds is 7. The van der Waals surface area contributed by atoms with Crippen LogP contribution in [-0.4, -0.2) is 35.0 Å². The number of nitrogens with zero attached hydrogens (tertiary/aromatic N) is 2. The van der Waals surface area contributed by atoms with E-state index in [1.165, 1.54) is 0 Å². The van der Waals surface area contributed by atoms with Crippen molar-refractivity contribution in [2.24, 2.45) is 11.7 Å². The van der Waals surface area contributed by atoms with Gasteiger partial charge in [0.05, 0.1) is 5.69 Å². The number of nitrogens with two attached hydrogens (primary N) is 1. The van der Waals surface area contributed by atoms with Crippen molar-refractivity contribution >= 4 is 11.6 Å². The Morgan fingerprint density at radius 2 is 2.27 bits per heavy atom. The zero-order valence-corrected chi connectivity index (χ0v) is 13.4. The van der Waals surface area contributed by atoms with E-state index in [0.717, 1.165) is 23.5 Å². The molecular formula is C16H24N4O2. The molecule has 1 amide bonds. The second-order valence-electron chi connectivity index (χ2n) is 5.74. The molecule has 2 rings (SSSR count). The minimum Gasteiger partial charge on any atom is -0.480 e. The van der Waals surface area contributed by atoms with Gasteiger partial charge in [-0.2, -0.15) is 0 Å². The van der Waals surface area contributed by atoms with Crippen LogP contribution in [0.1, 0.15) is 25.2 Å². The van der Waals surface area contributed by atoms with E-state index >= 15 is 0 Å². The minimum absolute atomic E-state index is 0.00940. The van der Waals surface area contributed by atoms with Gasteiger partial charge < -0.3 is 20.2 Å². The third-order valence-corrected chi connectivity index (χ3v) is 3.36. The number of carbonyl (C=O) groups excluding carboxylic acids is 1. The van der Waals surface area contributed by atoms with Crippen molar-refractivity contribution in [2.45, 2.75) is 27.2 Å². The largest absolute Gasteiger partial charge is 0.480 e. The van der Waals surface area contributed by atoms with Gasteiger partial charge in [-0.05, 0) is 31.5 Å². The smallest absolute Gasteiger partial charge is 0.257 e. The zero-order chi connectivity index (χ0) is 16.1. The van der Waals surface area contributed by atoms with Gasteiger partial charge in [-0.15, -0.1) is 0 Å². The molecule has 0 saturated carbocycles. The van der Waals surface area contributed by atoms with Crippen LogP contribution < -0.4 is 15.8 Å². The van der Waals surface area contributed by atoms with Crippen LogP contribution in [0.2, 0.25) is 0 Å². The Kier molecular flexibility index (Phi) is 5.38. The fraction of sp³-hybridized carbons (Fsp3) is 0.500. The van der Waals surface area contributed by atoms with E-state index in [2.05, 4.69) is 10.3 Å². The van der Waals surface area contributed by atoms with Gasteiger partial charge in [0, 0.05) is 24.9 Å². The summed E-state index contributed by atoms with van der Waals surface area (Å²) in [6, 6.07) is 3.71. The second kappa shape index (κ2) is 7.26. The summed E-state index contributed by atoms with van der Waals surface area (Å²) < 4.78 is 7.61. The SMILES string of the molecule is Cc1nc2c(OCC(=O)NCC(C)C)cccn2c1CCN. The number of pyridine rings is 1. The van der Waals surface area contributed by atoms with E-state index in [1.54, 1.807) is 0 Å². The normalized spacial score (nSPS) is 11.1. The number of imidazole rings is 1. The molecule has 2 aromatic rings. The topological polar surface area (TPSA) is 81.6 Å². The summed E-state index contributed by atoms with van der Waals surface area (Å²) in [4.78, 5) is 16.3. The van der Waals surface area contributed by atoms with Crippen LogP contribution in [0, 0.1) is 12.8 Å². The summed E-state index contributed by atoms with van der Waals surface area (Å²) in [5.41, 5.74) is 8.38. The van der Waals surface area contributed by atoms with Crippen LogP contribution in [-0.2, 0) is 11.2 Å². The lowest BCUT2D eigenvalue weighted by atomic mass is 10.2. The van der Waals surface area contributed by atoms with Gasteiger partial charge in [0.1, 0.15) is 0 Å². The minimum atomic E-state index is -0.124. The van der Waals surface area contributed by atoms with Gasteiger partial charge in [-0.1, -0.05) is 13.8 Å². The second-order valence-corrected chi connectivity index (χ2v) is 5.74. The fourth-order valence-electron chi connectivity index (χ4n) is 2.27. The number of hydrogen-bond donors (Lipinski definition) is 2. The lowest BCUT2D eigenvalue weighted by Gasteiger charge is -2.10. The zero-order valence-electron chi connectivity index (χ0n) is 13.4. The average Bonchev–Trinajstić information content (AvgIpc) is 2.80. The van der Waals surface area contributed by atoms with Gasteiger partial charge in [-0.3, -0.25) is 4.79 Å². The number of nitrogens with one attached hydrogen (secondary N) is 1. The highest BCUT2D eigenvalue weighted by molar-refractivity contribution is 5.77. The van der Waals surface area contributed by atoms with Crippen molar-refractivity contribution < 1.29 is 9.53 Å². The number of aromatic nitrogens is 2. The summed E-state index contributed by atoms with van der Waals surface area (Å²) in [6.45, 7) is 7.26. The van der Waals surface area contributed by atoms with E-state index in [0.29, 0.717) is 24.8 Å². The quantitative estimate of drug-likeness (QED) is 0.807. The van der Waals surface area contributed by atoms with Gasteiger partial charge in [0.15, 0.2) is 18.0 Å². The maximum absolute atomic E-state index is 11.8. The number of fused-ring (bicyclic) bond motifs is 1. The number of hydrogen-bond acceptors (Lipinski definition) is 4. The first-order valence-corrected chi connectivity index (χ1v) is 7.59. The van der Waals surface area contributed by atoms with Gasteiger partial charge in [0.2, 0.25) is 0 Å². The van der Waals surface area contributed by atoms with Crippen molar-refractivity contribution in [2.75, 3.05) is 19.7 Å². The maximum Gasteiger partial charge on any atom is 0.257 e. The van der Waals surface area contributed by atoms with E-state index < -0.39 is 0 Å². The average molecular weight is 304 g/mol. The number of amides is 1. The fourth-order valence-corrected chi connectivity index (χ4v) is 2.27. The maximum atomic E-state index is 11.8. The molecule has 120 valence electrons. The Balaban J connectivity index is 2.12. The van der Waals surface area contributed by atoms with Crippen molar-refractivity contribution in [3.05, 3.63) is 29.7 Å². The molecule has 22 heavy (non-hydrogen) atoms. The summed E-state index contributed by atoms with van der Waals surface area (Å²) in [6.07, 6.45) is 2.69. The van der Waals surface area contributed by atoms with Gasteiger partial charge in [-0.25, -0.2) is 4.98 Å². The van der Waals surface area contributed by atoms with Crippen LogP contribution in [0.5, 0.6) is 5.75 Å². The highest BCUT2D eigenvalue weighted by Crippen LogP contribution is 2.22. The summed E-state index contributed by atoms with van der Waals surface area (Å²) in [7, 11) is 0. The molecule has 6 nitrogen and oxygen atoms in total. The predicted octanol–water partition coefficient (Wildman–Crippen LogP) is 1.29. The van der Waals surface area contributed by atoms with E-state index in [4.69, 9.17) is 10.5 Å². The molecule has 0 saturated heterocycles. The molecule has 0 aliphatic carbocycles. The van der Waals surface area contributed by atoms with Gasteiger partial charge >= 0.3 is 0 Å². The first kappa shape index (κ1) is 16.3. The number of ether oxygens (including phenoxy) is 1. The van der Waals surface area contributed by atoms with Crippen molar-refractivity contribution in [3.63, 3.8) is 0 Å². The molecule has 0 aromatic carbocycles. The van der Waals surface area contributed by atoms with Crippen molar-refractivity contribution in [1.82, 2.24) is 14.7 Å². The Morgan fingerprint density at radius 1 is 1.50 bits per heavy atom. The van der Waals surface area contributed by atoms with Crippen molar-refractivity contribution in [3.8, 4) is 5.75 Å². The molecular weight excluding hydrogens is 280 g/mol. The highest BCUT2D eigenvalue weighted by Gasteiger charge is 2.13. The Bertz CT molecular complexity index is 649. The molecule has 0 radical (unpaired) electrons. The molecule has 0 bridgehead atoms. The Morgan fingerprint density at radius 3 is 2.95 bits per heavy atom. The van der Waals surface area contributed by atoms with E-state index in [-0.39, 0.29) is 12.5 Å². The van der Waals surface area contributed by atoms with Crippen LogP contribution in [0.25, 0.3) is 5.65 Å². The summed E-state index contributed by atoms with van der Waals surface area (Å²) in [5, 5.41) is 2.83. The Labute approximate surface area is 130 Å². The first-order valence-electron chi connectivity index (χ1n) is 7.59. The lowest BCUT2D eigenvalue weighted by Crippen LogP contribution is -2.31. The van der Waals surface area contributed by atoms with Crippen LogP contribution in [0.4, 0.5) is 0 Å². The molecule has 0 spiro atoms. The molecule has 0 aliphatic rings. The van der Waals surface area contributed by atoms with Crippen LogP contribution >= 0.6 is 0 Å². The molecule has 2 aromatic heterocycles. The molecule has 6 heteroatoms. The van der Waals surface area contributed by atoms with Crippen molar-refractivity contribution in [1.29, 1.82) is 0 Å². The first-order chi connectivity index (χ1) is 10.5. The standard InChI is InChI=1S/C16H24N4O2/c1-11(2)9-18-15(21)10-22-14-5-4-8-20-13(6-7-17)12(3)19-16(14)20/h4-5,8,11H,6-7,9-10,17H2,1-3H3,(H,18,21). The van der Waals surface area contributed by atoms with E-state index in [9.17, 15) is 4.79 Å². The molecule has 3 N–H and O–H groups in total. The van der Waals surface area contributed by atoms with Gasteiger partial charge in [0.25, 0.3) is 5.91 Å². The van der Waals surface area contributed by atoms with E-state index in [1.807, 2.05) is 43.5 Å². The highest BCUT2D eigenvalue weighted by atomic mass is 16.5.